The first-order valence-corrected chi connectivity index (χ1v) is 7.47. The van der Waals surface area contributed by atoms with Gasteiger partial charge in [0.1, 0.15) is 5.75 Å². The minimum Gasteiger partial charge on any atom is -0.410 e. The lowest BCUT2D eigenvalue weighted by Gasteiger charge is -2.21. The van der Waals surface area contributed by atoms with Gasteiger partial charge in [-0.1, -0.05) is 19.3 Å². The van der Waals surface area contributed by atoms with Crippen molar-refractivity contribution in [2.45, 2.75) is 39.0 Å². The molecule has 5 nitrogen and oxygen atoms in total. The molecular formula is C16H22N2O3. The average Bonchev–Trinajstić information content (AvgIpc) is 2.48. The number of rotatable bonds is 4. The van der Waals surface area contributed by atoms with E-state index >= 15 is 0 Å². The van der Waals surface area contributed by atoms with Crippen LogP contribution >= 0.6 is 0 Å². The number of nitrogens with one attached hydrogen (secondary N) is 2. The highest BCUT2D eigenvalue weighted by atomic mass is 16.6. The minimum absolute atomic E-state index is 0.131. The molecular weight excluding hydrogens is 268 g/mol. The molecule has 0 spiro atoms. The molecule has 2 rings (SSSR count). The molecule has 5 heteroatoms. The van der Waals surface area contributed by atoms with E-state index in [1.54, 1.807) is 24.3 Å². The summed E-state index contributed by atoms with van der Waals surface area (Å²) >= 11 is 0. The zero-order valence-electron chi connectivity index (χ0n) is 12.4. The van der Waals surface area contributed by atoms with Crippen LogP contribution in [0.5, 0.6) is 5.75 Å². The Hall–Kier alpha value is -2.04. The molecule has 2 N–H and O–H groups in total. The molecule has 1 aliphatic rings. The van der Waals surface area contributed by atoms with Crippen molar-refractivity contribution < 1.29 is 14.3 Å². The zero-order valence-corrected chi connectivity index (χ0v) is 12.4. The van der Waals surface area contributed by atoms with Crippen LogP contribution in [0, 0.1) is 5.92 Å². The van der Waals surface area contributed by atoms with Crippen molar-refractivity contribution in [1.29, 1.82) is 0 Å². The predicted molar refractivity (Wildman–Crippen MR) is 81.3 cm³/mol. The summed E-state index contributed by atoms with van der Waals surface area (Å²) in [4.78, 5) is 22.6. The van der Waals surface area contributed by atoms with Gasteiger partial charge in [-0.05, 0) is 43.0 Å². The summed E-state index contributed by atoms with van der Waals surface area (Å²) in [6, 6.07) is 6.72. The SMILES string of the molecule is CC(=O)Nc1ccc(OC(=O)NCC2CCCCC2)cc1. The highest BCUT2D eigenvalue weighted by molar-refractivity contribution is 5.88. The fourth-order valence-corrected chi connectivity index (χ4v) is 2.57. The van der Waals surface area contributed by atoms with Gasteiger partial charge < -0.3 is 15.4 Å². The van der Waals surface area contributed by atoms with Crippen molar-refractivity contribution in [1.82, 2.24) is 5.32 Å². The molecule has 21 heavy (non-hydrogen) atoms. The number of carbonyl (C=O) groups excluding carboxylic acids is 2. The first-order valence-electron chi connectivity index (χ1n) is 7.47. The standard InChI is InChI=1S/C16H22N2O3/c1-12(19)18-14-7-9-15(10-8-14)21-16(20)17-11-13-5-3-2-4-6-13/h7-10,13H,2-6,11H2,1H3,(H,17,20)(H,18,19). The van der Waals surface area contributed by atoms with Crippen molar-refractivity contribution >= 4 is 17.7 Å². The molecule has 0 aromatic heterocycles. The number of anilines is 1. The number of carbonyl (C=O) groups is 2. The monoisotopic (exact) mass is 290 g/mol. The molecule has 1 saturated carbocycles. The second-order valence-electron chi connectivity index (χ2n) is 5.48. The van der Waals surface area contributed by atoms with Crippen LogP contribution in [0.2, 0.25) is 0 Å². The van der Waals surface area contributed by atoms with Gasteiger partial charge in [0.15, 0.2) is 0 Å². The Bertz CT molecular complexity index is 479. The fraction of sp³-hybridized carbons (Fsp3) is 0.500. The summed E-state index contributed by atoms with van der Waals surface area (Å²) in [5.41, 5.74) is 0.678. The third kappa shape index (κ3) is 5.45. The zero-order chi connectivity index (χ0) is 15.1. The second-order valence-corrected chi connectivity index (χ2v) is 5.48. The smallest absolute Gasteiger partial charge is 0.410 e. The van der Waals surface area contributed by atoms with Crippen molar-refractivity contribution in [2.75, 3.05) is 11.9 Å². The van der Waals surface area contributed by atoms with Gasteiger partial charge in [0.25, 0.3) is 0 Å². The lowest BCUT2D eigenvalue weighted by molar-refractivity contribution is -0.114. The largest absolute Gasteiger partial charge is 0.412 e. The Balaban J connectivity index is 1.75. The maximum atomic E-state index is 11.7. The summed E-state index contributed by atoms with van der Waals surface area (Å²) in [7, 11) is 0. The van der Waals surface area contributed by atoms with Gasteiger partial charge in [-0.25, -0.2) is 4.79 Å². The maximum absolute atomic E-state index is 11.7. The van der Waals surface area contributed by atoms with E-state index in [2.05, 4.69) is 10.6 Å². The summed E-state index contributed by atoms with van der Waals surface area (Å²) in [5.74, 6) is 0.910. The summed E-state index contributed by atoms with van der Waals surface area (Å²) < 4.78 is 5.20. The van der Waals surface area contributed by atoms with E-state index in [4.69, 9.17) is 4.74 Å². The van der Waals surface area contributed by atoms with Crippen LogP contribution in [0.4, 0.5) is 10.5 Å². The normalized spacial score (nSPS) is 15.3. The van der Waals surface area contributed by atoms with Crippen LogP contribution in [0.25, 0.3) is 0 Å². The van der Waals surface area contributed by atoms with Gasteiger partial charge in [-0.3, -0.25) is 4.79 Å². The number of ether oxygens (including phenoxy) is 1. The molecule has 0 heterocycles. The van der Waals surface area contributed by atoms with Gasteiger partial charge in [-0.15, -0.1) is 0 Å². The van der Waals surface area contributed by atoms with Gasteiger partial charge in [0.05, 0.1) is 0 Å². The second kappa shape index (κ2) is 7.67. The van der Waals surface area contributed by atoms with E-state index in [0.717, 1.165) is 0 Å². The fourth-order valence-electron chi connectivity index (χ4n) is 2.57. The number of hydrogen-bond donors (Lipinski definition) is 2. The summed E-state index contributed by atoms with van der Waals surface area (Å²) in [6.07, 6.45) is 5.77. The number of amides is 2. The molecule has 1 aliphatic carbocycles. The average molecular weight is 290 g/mol. The molecule has 114 valence electrons. The van der Waals surface area contributed by atoms with E-state index in [-0.39, 0.29) is 5.91 Å². The van der Waals surface area contributed by atoms with E-state index in [0.29, 0.717) is 23.9 Å². The highest BCUT2D eigenvalue weighted by Gasteiger charge is 2.14. The van der Waals surface area contributed by atoms with Gasteiger partial charge in [-0.2, -0.15) is 0 Å². The van der Waals surface area contributed by atoms with E-state index < -0.39 is 6.09 Å². The Labute approximate surface area is 125 Å². The predicted octanol–water partition coefficient (Wildman–Crippen LogP) is 3.31. The van der Waals surface area contributed by atoms with Crippen molar-refractivity contribution in [3.63, 3.8) is 0 Å². The van der Waals surface area contributed by atoms with Gasteiger partial charge in [0.2, 0.25) is 5.91 Å². The summed E-state index contributed by atoms with van der Waals surface area (Å²) in [5, 5.41) is 5.48. The van der Waals surface area contributed by atoms with Crippen LogP contribution in [-0.2, 0) is 4.79 Å². The highest BCUT2D eigenvalue weighted by Crippen LogP contribution is 2.22. The quantitative estimate of drug-likeness (QED) is 0.894. The Morgan fingerprint density at radius 1 is 1.14 bits per heavy atom. The first kappa shape index (κ1) is 15.4. The molecule has 0 atom stereocenters. The molecule has 1 aromatic rings. The van der Waals surface area contributed by atoms with Crippen LogP contribution in [0.15, 0.2) is 24.3 Å². The van der Waals surface area contributed by atoms with Crippen molar-refractivity contribution in [3.8, 4) is 5.75 Å². The van der Waals surface area contributed by atoms with Crippen molar-refractivity contribution in [3.05, 3.63) is 24.3 Å². The number of hydrogen-bond acceptors (Lipinski definition) is 3. The molecule has 2 amide bonds. The van der Waals surface area contributed by atoms with Crippen LogP contribution in [-0.4, -0.2) is 18.5 Å². The lowest BCUT2D eigenvalue weighted by atomic mass is 9.89. The minimum atomic E-state index is -0.423. The maximum Gasteiger partial charge on any atom is 0.412 e. The molecule has 1 fully saturated rings. The first-order chi connectivity index (χ1) is 10.1. The molecule has 0 saturated heterocycles. The molecule has 0 bridgehead atoms. The third-order valence-electron chi connectivity index (χ3n) is 3.65. The molecule has 0 unspecified atom stereocenters. The van der Waals surface area contributed by atoms with Crippen molar-refractivity contribution in [2.24, 2.45) is 5.92 Å². The Morgan fingerprint density at radius 2 is 1.81 bits per heavy atom. The van der Waals surface area contributed by atoms with Crippen LogP contribution in [0.1, 0.15) is 39.0 Å². The lowest BCUT2D eigenvalue weighted by Crippen LogP contribution is -2.32. The Kier molecular flexibility index (Phi) is 5.60. The Morgan fingerprint density at radius 3 is 2.43 bits per heavy atom. The molecule has 0 aliphatic heterocycles. The van der Waals surface area contributed by atoms with E-state index in [1.165, 1.54) is 39.0 Å². The van der Waals surface area contributed by atoms with E-state index in [1.807, 2.05) is 0 Å². The van der Waals surface area contributed by atoms with Crippen LogP contribution < -0.4 is 15.4 Å². The topological polar surface area (TPSA) is 67.4 Å². The van der Waals surface area contributed by atoms with Gasteiger partial charge in [0, 0.05) is 19.2 Å². The van der Waals surface area contributed by atoms with Crippen LogP contribution in [0.3, 0.4) is 0 Å². The summed E-state index contributed by atoms with van der Waals surface area (Å²) in [6.45, 7) is 2.13. The van der Waals surface area contributed by atoms with Gasteiger partial charge >= 0.3 is 6.09 Å². The number of benzene rings is 1. The molecule has 0 radical (unpaired) electrons. The third-order valence-corrected chi connectivity index (χ3v) is 3.65. The van der Waals surface area contributed by atoms with E-state index in [9.17, 15) is 9.59 Å². The molecule has 1 aromatic carbocycles.